The van der Waals surface area contributed by atoms with Gasteiger partial charge >= 0.3 is 6.03 Å². The van der Waals surface area contributed by atoms with Gasteiger partial charge in [0.25, 0.3) is 0 Å². The predicted molar refractivity (Wildman–Crippen MR) is 68.1 cm³/mol. The molecule has 1 aliphatic carbocycles. The summed E-state index contributed by atoms with van der Waals surface area (Å²) in [5, 5.41) is 5.64. The number of aromatic nitrogens is 1. The van der Waals surface area contributed by atoms with E-state index in [2.05, 4.69) is 36.4 Å². The lowest BCUT2D eigenvalue weighted by molar-refractivity contribution is 0.251. The first kappa shape index (κ1) is 11.9. The molecule has 1 aromatic heterocycles. The van der Waals surface area contributed by atoms with Crippen LogP contribution in [0.4, 0.5) is 10.6 Å². The molecule has 1 aromatic rings. The van der Waals surface area contributed by atoms with Crippen LogP contribution in [0.2, 0.25) is 0 Å². The molecule has 0 aromatic carbocycles. The third-order valence-corrected chi connectivity index (χ3v) is 2.67. The van der Waals surface area contributed by atoms with Gasteiger partial charge in [0.15, 0.2) is 0 Å². The van der Waals surface area contributed by atoms with Gasteiger partial charge in [-0.1, -0.05) is 26.8 Å². The summed E-state index contributed by atoms with van der Waals surface area (Å²) in [6.45, 7) is 6.30. The van der Waals surface area contributed by atoms with Crippen LogP contribution in [0.15, 0.2) is 18.2 Å². The molecule has 0 atom stereocenters. The highest BCUT2D eigenvalue weighted by atomic mass is 16.2. The molecule has 2 rings (SSSR count). The largest absolute Gasteiger partial charge is 0.335 e. The third kappa shape index (κ3) is 3.44. The minimum absolute atomic E-state index is 0.00927. The molecular weight excluding hydrogens is 214 g/mol. The van der Waals surface area contributed by atoms with E-state index < -0.39 is 0 Å². The van der Waals surface area contributed by atoms with Crippen molar-refractivity contribution in [3.63, 3.8) is 0 Å². The fraction of sp³-hybridized carbons (Fsp3) is 0.538. The number of carbonyl (C=O) groups is 1. The quantitative estimate of drug-likeness (QED) is 0.825. The molecule has 92 valence electrons. The van der Waals surface area contributed by atoms with E-state index in [4.69, 9.17) is 0 Å². The van der Waals surface area contributed by atoms with Crippen molar-refractivity contribution in [3.8, 4) is 0 Å². The van der Waals surface area contributed by atoms with Crippen molar-refractivity contribution >= 4 is 11.8 Å². The highest BCUT2D eigenvalue weighted by Crippen LogP contribution is 2.21. The van der Waals surface area contributed by atoms with E-state index >= 15 is 0 Å². The summed E-state index contributed by atoms with van der Waals surface area (Å²) in [5.74, 6) is 0.607. The van der Waals surface area contributed by atoms with E-state index in [9.17, 15) is 4.79 Å². The zero-order valence-corrected chi connectivity index (χ0v) is 10.6. The van der Waals surface area contributed by atoms with Crippen LogP contribution in [-0.2, 0) is 5.41 Å². The monoisotopic (exact) mass is 233 g/mol. The van der Waals surface area contributed by atoms with Crippen molar-refractivity contribution in [1.82, 2.24) is 10.3 Å². The summed E-state index contributed by atoms with van der Waals surface area (Å²) < 4.78 is 0. The Bertz CT molecular complexity index is 419. The average molecular weight is 233 g/mol. The second-order valence-corrected chi connectivity index (χ2v) is 5.53. The molecule has 0 radical (unpaired) electrons. The van der Waals surface area contributed by atoms with Crippen molar-refractivity contribution in [2.75, 3.05) is 5.32 Å². The number of hydrogen-bond acceptors (Lipinski definition) is 2. The molecule has 1 aliphatic rings. The second kappa shape index (κ2) is 4.35. The van der Waals surface area contributed by atoms with Gasteiger partial charge in [-0.25, -0.2) is 9.78 Å². The average Bonchev–Trinajstić information content (AvgIpc) is 3.00. The van der Waals surface area contributed by atoms with Crippen LogP contribution in [0.25, 0.3) is 0 Å². The topological polar surface area (TPSA) is 54.0 Å². The van der Waals surface area contributed by atoms with Crippen molar-refractivity contribution in [2.24, 2.45) is 0 Å². The Hall–Kier alpha value is -1.58. The molecule has 1 heterocycles. The standard InChI is InChI=1S/C13H19N3O/c1-13(2,3)10-5-4-6-11(15-10)16-12(17)14-9-7-8-9/h4-6,9H,7-8H2,1-3H3,(H2,14,15,16,17). The smallest absolute Gasteiger partial charge is 0.320 e. The van der Waals surface area contributed by atoms with Gasteiger partial charge in [-0.3, -0.25) is 5.32 Å². The highest BCUT2D eigenvalue weighted by molar-refractivity contribution is 5.88. The molecule has 1 saturated carbocycles. The van der Waals surface area contributed by atoms with Crippen molar-refractivity contribution in [3.05, 3.63) is 23.9 Å². The molecule has 0 spiro atoms. The number of nitrogens with zero attached hydrogens (tertiary/aromatic N) is 1. The Morgan fingerprint density at radius 2 is 2.06 bits per heavy atom. The van der Waals surface area contributed by atoms with E-state index in [1.807, 2.05) is 18.2 Å². The third-order valence-electron chi connectivity index (χ3n) is 2.67. The summed E-state index contributed by atoms with van der Waals surface area (Å²) >= 11 is 0. The first-order chi connectivity index (χ1) is 7.95. The number of rotatable bonds is 2. The lowest BCUT2D eigenvalue weighted by Crippen LogP contribution is -2.31. The van der Waals surface area contributed by atoms with Gasteiger partial charge < -0.3 is 5.32 Å². The van der Waals surface area contributed by atoms with Gasteiger partial charge in [0.05, 0.1) is 0 Å². The van der Waals surface area contributed by atoms with Gasteiger partial charge in [-0.05, 0) is 25.0 Å². The zero-order chi connectivity index (χ0) is 12.5. The van der Waals surface area contributed by atoms with E-state index in [1.54, 1.807) is 0 Å². The van der Waals surface area contributed by atoms with Crippen LogP contribution < -0.4 is 10.6 Å². The molecule has 2 N–H and O–H groups in total. The van der Waals surface area contributed by atoms with Gasteiger partial charge in [-0.15, -0.1) is 0 Å². The first-order valence-corrected chi connectivity index (χ1v) is 6.00. The number of anilines is 1. The molecule has 0 aliphatic heterocycles. The zero-order valence-electron chi connectivity index (χ0n) is 10.6. The van der Waals surface area contributed by atoms with Gasteiger partial charge in [0.1, 0.15) is 5.82 Å². The highest BCUT2D eigenvalue weighted by Gasteiger charge is 2.23. The number of carbonyl (C=O) groups excluding carboxylic acids is 1. The number of hydrogen-bond donors (Lipinski definition) is 2. The molecule has 17 heavy (non-hydrogen) atoms. The maximum atomic E-state index is 11.6. The van der Waals surface area contributed by atoms with Crippen LogP contribution >= 0.6 is 0 Å². The Labute approximate surface area is 102 Å². The molecule has 4 heteroatoms. The Balaban J connectivity index is 2.02. The van der Waals surface area contributed by atoms with Crippen molar-refractivity contribution in [2.45, 2.75) is 45.1 Å². The molecule has 4 nitrogen and oxygen atoms in total. The normalized spacial score (nSPS) is 15.5. The summed E-state index contributed by atoms with van der Waals surface area (Å²) in [5.41, 5.74) is 0.965. The number of urea groups is 1. The van der Waals surface area contributed by atoms with Gasteiger partial charge in [0.2, 0.25) is 0 Å². The summed E-state index contributed by atoms with van der Waals surface area (Å²) in [6, 6.07) is 5.90. The predicted octanol–water partition coefficient (Wildman–Crippen LogP) is 2.66. The molecule has 2 amide bonds. The van der Waals surface area contributed by atoms with E-state index in [1.165, 1.54) is 0 Å². The second-order valence-electron chi connectivity index (χ2n) is 5.53. The summed E-state index contributed by atoms with van der Waals surface area (Å²) in [4.78, 5) is 16.0. The minimum Gasteiger partial charge on any atom is -0.335 e. The molecule has 1 fully saturated rings. The van der Waals surface area contributed by atoms with E-state index in [0.29, 0.717) is 11.9 Å². The van der Waals surface area contributed by atoms with Gasteiger partial charge in [0, 0.05) is 17.2 Å². The van der Waals surface area contributed by atoms with Crippen molar-refractivity contribution in [1.29, 1.82) is 0 Å². The maximum Gasteiger partial charge on any atom is 0.320 e. The van der Waals surface area contributed by atoms with Gasteiger partial charge in [-0.2, -0.15) is 0 Å². The lowest BCUT2D eigenvalue weighted by atomic mass is 9.92. The Morgan fingerprint density at radius 1 is 1.35 bits per heavy atom. The SMILES string of the molecule is CC(C)(C)c1cccc(NC(=O)NC2CC2)n1. The maximum absolute atomic E-state index is 11.6. The van der Waals surface area contributed by atoms with Crippen LogP contribution in [-0.4, -0.2) is 17.1 Å². The molecule has 0 saturated heterocycles. The van der Waals surface area contributed by atoms with Crippen LogP contribution in [0.3, 0.4) is 0 Å². The van der Waals surface area contributed by atoms with Crippen molar-refractivity contribution < 1.29 is 4.79 Å². The van der Waals surface area contributed by atoms with Crippen LogP contribution in [0.1, 0.15) is 39.3 Å². The summed E-state index contributed by atoms with van der Waals surface area (Å²) in [7, 11) is 0. The van der Waals surface area contributed by atoms with E-state index in [-0.39, 0.29) is 11.4 Å². The first-order valence-electron chi connectivity index (χ1n) is 6.00. The Morgan fingerprint density at radius 3 is 2.65 bits per heavy atom. The fourth-order valence-electron chi connectivity index (χ4n) is 1.49. The number of amides is 2. The fourth-order valence-corrected chi connectivity index (χ4v) is 1.49. The molecule has 0 bridgehead atoms. The molecular formula is C13H19N3O. The van der Waals surface area contributed by atoms with Crippen LogP contribution in [0, 0.1) is 0 Å². The van der Waals surface area contributed by atoms with E-state index in [0.717, 1.165) is 18.5 Å². The number of nitrogens with one attached hydrogen (secondary N) is 2. The van der Waals surface area contributed by atoms with Crippen LogP contribution in [0.5, 0.6) is 0 Å². The minimum atomic E-state index is -0.161. The summed E-state index contributed by atoms with van der Waals surface area (Å²) in [6.07, 6.45) is 2.17. The lowest BCUT2D eigenvalue weighted by Gasteiger charge is -2.18. The number of pyridine rings is 1. The Kier molecular flexibility index (Phi) is 3.05. The molecule has 0 unspecified atom stereocenters.